The topological polar surface area (TPSA) is 98.2 Å². The molecule has 6 rings (SSSR count). The maximum absolute atomic E-state index is 13.7. The number of para-hydroxylation sites is 1. The molecule has 37 heavy (non-hydrogen) atoms. The Hall–Kier alpha value is -2.92. The zero-order valence-electron chi connectivity index (χ0n) is 21.0. The molecule has 194 valence electrons. The number of ether oxygens (including phenoxy) is 2. The number of H-pyrrole nitrogens is 1. The molecule has 0 radical (unpaired) electrons. The molecule has 3 aromatic heterocycles. The molecule has 0 saturated carbocycles. The molecular formula is C27H32N6O3S. The SMILES string of the molecule is Cc1cccc2cc([C@H](c3nnnn3C[C@@H]3CCCO3)N(Cc3cccs3)C[C@@H]3CCCO3)c(=O)[nH]c12. The summed E-state index contributed by atoms with van der Waals surface area (Å²) in [5, 5.41) is 16.0. The molecule has 0 unspecified atom stereocenters. The highest BCUT2D eigenvalue weighted by Gasteiger charge is 2.34. The van der Waals surface area contributed by atoms with Crippen LogP contribution in [0, 0.1) is 6.92 Å². The summed E-state index contributed by atoms with van der Waals surface area (Å²) in [6.45, 7) is 5.46. The van der Waals surface area contributed by atoms with Gasteiger partial charge in [-0.1, -0.05) is 24.3 Å². The summed E-state index contributed by atoms with van der Waals surface area (Å²) in [5.41, 5.74) is 2.41. The fraction of sp³-hybridized carbons (Fsp3) is 0.481. The number of hydrogen-bond donors (Lipinski definition) is 1. The molecule has 2 aliphatic heterocycles. The zero-order valence-corrected chi connectivity index (χ0v) is 21.8. The molecule has 0 spiro atoms. The minimum atomic E-state index is -0.448. The Balaban J connectivity index is 1.47. The average molecular weight is 521 g/mol. The number of nitrogens with one attached hydrogen (secondary N) is 1. The van der Waals surface area contributed by atoms with Crippen LogP contribution in [0.3, 0.4) is 0 Å². The Morgan fingerprint density at radius 2 is 2.00 bits per heavy atom. The highest BCUT2D eigenvalue weighted by atomic mass is 32.1. The lowest BCUT2D eigenvalue weighted by atomic mass is 10.0. The number of fused-ring (bicyclic) bond motifs is 1. The second kappa shape index (κ2) is 10.8. The molecule has 0 bridgehead atoms. The van der Waals surface area contributed by atoms with Crippen molar-refractivity contribution >= 4 is 22.2 Å². The van der Waals surface area contributed by atoms with Crippen LogP contribution >= 0.6 is 11.3 Å². The van der Waals surface area contributed by atoms with Crippen LogP contribution in [0.5, 0.6) is 0 Å². The standard InChI is InChI=1S/C27H32N6O3S/c1-18-6-2-7-19-14-23(27(34)28-24(18)19)25(26-29-30-31-33(26)16-21-9-4-12-36-21)32(15-20-8-3-11-35-20)17-22-10-5-13-37-22/h2,5-7,10,13-14,20-21,25H,3-4,8-9,11-12,15-17H2,1H3,(H,28,34)/t20-,21-,25+/m0/s1. The first-order chi connectivity index (χ1) is 18.2. The molecule has 1 aromatic carbocycles. The van der Waals surface area contributed by atoms with E-state index >= 15 is 0 Å². The van der Waals surface area contributed by atoms with Gasteiger partial charge in [0.1, 0.15) is 6.04 Å². The van der Waals surface area contributed by atoms with Gasteiger partial charge in [-0.3, -0.25) is 9.69 Å². The van der Waals surface area contributed by atoms with E-state index in [9.17, 15) is 4.79 Å². The first-order valence-electron chi connectivity index (χ1n) is 13.0. The van der Waals surface area contributed by atoms with Gasteiger partial charge in [0.15, 0.2) is 5.82 Å². The minimum Gasteiger partial charge on any atom is -0.377 e. The van der Waals surface area contributed by atoms with Crippen LogP contribution < -0.4 is 5.56 Å². The van der Waals surface area contributed by atoms with Crippen molar-refractivity contribution in [3.8, 4) is 0 Å². The van der Waals surface area contributed by atoms with E-state index in [1.54, 1.807) is 11.3 Å². The smallest absolute Gasteiger partial charge is 0.253 e. The number of hydrogen-bond acceptors (Lipinski definition) is 8. The van der Waals surface area contributed by atoms with Gasteiger partial charge in [0, 0.05) is 36.7 Å². The fourth-order valence-electron chi connectivity index (χ4n) is 5.53. The molecule has 4 aromatic rings. The highest BCUT2D eigenvalue weighted by molar-refractivity contribution is 7.09. The van der Waals surface area contributed by atoms with Crippen LogP contribution in [-0.2, 0) is 22.6 Å². The maximum Gasteiger partial charge on any atom is 0.253 e. The number of nitrogens with zero attached hydrogens (tertiary/aromatic N) is 5. The number of aromatic nitrogens is 5. The molecule has 5 heterocycles. The summed E-state index contributed by atoms with van der Waals surface area (Å²) >= 11 is 1.71. The molecule has 2 fully saturated rings. The summed E-state index contributed by atoms with van der Waals surface area (Å²) in [5.74, 6) is 0.655. The Bertz CT molecular complexity index is 1390. The van der Waals surface area contributed by atoms with E-state index in [1.807, 2.05) is 35.9 Å². The third-order valence-electron chi connectivity index (χ3n) is 7.38. The number of aromatic amines is 1. The summed E-state index contributed by atoms with van der Waals surface area (Å²) < 4.78 is 13.8. The van der Waals surface area contributed by atoms with Gasteiger partial charge in [-0.15, -0.1) is 16.4 Å². The van der Waals surface area contributed by atoms with Crippen LogP contribution in [0.15, 0.2) is 46.6 Å². The van der Waals surface area contributed by atoms with Crippen molar-refractivity contribution < 1.29 is 9.47 Å². The van der Waals surface area contributed by atoms with Crippen LogP contribution in [0.4, 0.5) is 0 Å². The second-order valence-corrected chi connectivity index (χ2v) is 11.0. The largest absolute Gasteiger partial charge is 0.377 e. The minimum absolute atomic E-state index is 0.0735. The first-order valence-corrected chi connectivity index (χ1v) is 13.9. The van der Waals surface area contributed by atoms with E-state index in [1.165, 1.54) is 4.88 Å². The van der Waals surface area contributed by atoms with Crippen molar-refractivity contribution in [3.63, 3.8) is 0 Å². The van der Waals surface area contributed by atoms with Crippen LogP contribution in [0.1, 0.15) is 53.6 Å². The molecule has 0 amide bonds. The Morgan fingerprint density at radius 3 is 2.76 bits per heavy atom. The third kappa shape index (κ3) is 5.24. The van der Waals surface area contributed by atoms with E-state index < -0.39 is 6.04 Å². The molecule has 3 atom stereocenters. The Kier molecular flexibility index (Phi) is 7.14. The van der Waals surface area contributed by atoms with Gasteiger partial charge < -0.3 is 14.5 Å². The number of aryl methyl sites for hydroxylation is 1. The number of rotatable bonds is 9. The summed E-state index contributed by atoms with van der Waals surface area (Å²) in [4.78, 5) is 20.4. The molecule has 10 heteroatoms. The van der Waals surface area contributed by atoms with Crippen molar-refractivity contribution in [2.45, 2.75) is 63.9 Å². The molecule has 2 aliphatic rings. The lowest BCUT2D eigenvalue weighted by Crippen LogP contribution is -2.39. The van der Waals surface area contributed by atoms with Gasteiger partial charge in [0.05, 0.1) is 24.3 Å². The van der Waals surface area contributed by atoms with E-state index in [0.717, 1.165) is 55.4 Å². The monoisotopic (exact) mass is 520 g/mol. The Labute approximate surface area is 219 Å². The van der Waals surface area contributed by atoms with E-state index in [-0.39, 0.29) is 17.8 Å². The van der Waals surface area contributed by atoms with Gasteiger partial charge in [0.25, 0.3) is 5.56 Å². The van der Waals surface area contributed by atoms with E-state index in [2.05, 4.69) is 42.9 Å². The van der Waals surface area contributed by atoms with Crippen molar-refractivity contribution in [3.05, 3.63) is 74.0 Å². The quantitative estimate of drug-likeness (QED) is 0.358. The summed E-state index contributed by atoms with van der Waals surface area (Å²) in [7, 11) is 0. The lowest BCUT2D eigenvalue weighted by Gasteiger charge is -2.32. The number of benzene rings is 1. The van der Waals surface area contributed by atoms with Gasteiger partial charge in [-0.05, 0) is 71.5 Å². The molecular weight excluding hydrogens is 488 g/mol. The lowest BCUT2D eigenvalue weighted by molar-refractivity contribution is 0.0559. The van der Waals surface area contributed by atoms with Gasteiger partial charge in [0.2, 0.25) is 0 Å². The first kappa shape index (κ1) is 24.4. The number of tetrazole rings is 1. The molecule has 1 N–H and O–H groups in total. The van der Waals surface area contributed by atoms with Crippen LogP contribution in [0.25, 0.3) is 10.9 Å². The normalized spacial score (nSPS) is 20.8. The van der Waals surface area contributed by atoms with Crippen molar-refractivity contribution in [1.82, 2.24) is 30.1 Å². The van der Waals surface area contributed by atoms with E-state index in [4.69, 9.17) is 9.47 Å². The predicted molar refractivity (Wildman–Crippen MR) is 142 cm³/mol. The van der Waals surface area contributed by atoms with Crippen LogP contribution in [0.2, 0.25) is 0 Å². The highest BCUT2D eigenvalue weighted by Crippen LogP contribution is 2.31. The van der Waals surface area contributed by atoms with E-state index in [0.29, 0.717) is 31.0 Å². The average Bonchev–Trinajstić information content (AvgIpc) is 3.71. The molecule has 0 aliphatic carbocycles. The van der Waals surface area contributed by atoms with Crippen molar-refractivity contribution in [2.24, 2.45) is 0 Å². The number of thiophene rings is 1. The summed E-state index contributed by atoms with van der Waals surface area (Å²) in [6, 6.07) is 11.8. The second-order valence-electron chi connectivity index (χ2n) is 9.99. The molecule has 2 saturated heterocycles. The van der Waals surface area contributed by atoms with Gasteiger partial charge in [-0.25, -0.2) is 4.68 Å². The fourth-order valence-corrected chi connectivity index (χ4v) is 6.26. The van der Waals surface area contributed by atoms with Crippen molar-refractivity contribution in [2.75, 3.05) is 19.8 Å². The number of pyridine rings is 1. The van der Waals surface area contributed by atoms with Crippen LogP contribution in [-0.4, -0.2) is 62.1 Å². The third-order valence-corrected chi connectivity index (χ3v) is 8.24. The van der Waals surface area contributed by atoms with Gasteiger partial charge >= 0.3 is 0 Å². The van der Waals surface area contributed by atoms with Gasteiger partial charge in [-0.2, -0.15) is 0 Å². The maximum atomic E-state index is 13.7. The predicted octanol–water partition coefficient (Wildman–Crippen LogP) is 3.83. The summed E-state index contributed by atoms with van der Waals surface area (Å²) in [6.07, 6.45) is 4.25. The molecule has 9 nitrogen and oxygen atoms in total. The van der Waals surface area contributed by atoms with Crippen molar-refractivity contribution in [1.29, 1.82) is 0 Å². The zero-order chi connectivity index (χ0) is 25.2. The Morgan fingerprint density at radius 1 is 1.16 bits per heavy atom.